The van der Waals surface area contributed by atoms with E-state index in [4.69, 9.17) is 9.15 Å². The Kier molecular flexibility index (Phi) is 7.43. The van der Waals surface area contributed by atoms with Gasteiger partial charge in [-0.05, 0) is 54.4 Å². The molecule has 0 saturated carbocycles. The molecule has 34 heavy (non-hydrogen) atoms. The van der Waals surface area contributed by atoms with Crippen molar-refractivity contribution in [3.63, 3.8) is 0 Å². The molecule has 7 heteroatoms. The van der Waals surface area contributed by atoms with Gasteiger partial charge in [0.15, 0.2) is 0 Å². The van der Waals surface area contributed by atoms with Crippen LogP contribution < -0.4 is 9.04 Å². The summed E-state index contributed by atoms with van der Waals surface area (Å²) >= 11 is 0. The van der Waals surface area contributed by atoms with Crippen LogP contribution in [0, 0.1) is 5.82 Å². The van der Waals surface area contributed by atoms with Crippen molar-refractivity contribution in [2.45, 2.75) is 26.3 Å². The van der Waals surface area contributed by atoms with Gasteiger partial charge in [-0.15, -0.1) is 0 Å². The predicted molar refractivity (Wildman–Crippen MR) is 133 cm³/mol. The van der Waals surface area contributed by atoms with Crippen molar-refractivity contribution in [3.8, 4) is 5.95 Å². The van der Waals surface area contributed by atoms with E-state index >= 15 is 0 Å². The Balaban J connectivity index is 1.79. The lowest BCUT2D eigenvalue weighted by Gasteiger charge is -2.21. The van der Waals surface area contributed by atoms with Crippen molar-refractivity contribution in [1.82, 2.24) is 0 Å². The summed E-state index contributed by atoms with van der Waals surface area (Å²) in [5.74, 6) is -0.603. The first kappa shape index (κ1) is 23.7. The second-order valence-electron chi connectivity index (χ2n) is 7.93. The van der Waals surface area contributed by atoms with Crippen LogP contribution in [-0.4, -0.2) is 22.9 Å². The number of hydrogen-bond acceptors (Lipinski definition) is 4. The molecule has 1 atom stereocenters. The van der Waals surface area contributed by atoms with Crippen LogP contribution in [0.5, 0.6) is 5.95 Å². The molecule has 0 N–H and O–H groups in total. The maximum absolute atomic E-state index is 13.5. The van der Waals surface area contributed by atoms with Crippen molar-refractivity contribution in [2.75, 3.05) is 17.2 Å². The lowest BCUT2D eigenvalue weighted by atomic mass is 10.0. The van der Waals surface area contributed by atoms with Crippen LogP contribution in [-0.2, 0) is 17.5 Å². The van der Waals surface area contributed by atoms with Gasteiger partial charge in [0.25, 0.3) is 5.95 Å². The van der Waals surface area contributed by atoms with Crippen LogP contribution in [0.25, 0.3) is 11.0 Å². The zero-order valence-electron chi connectivity index (χ0n) is 19.1. The quantitative estimate of drug-likeness (QED) is 0.198. The summed E-state index contributed by atoms with van der Waals surface area (Å²) in [7, 11) is -1.31. The number of benzene rings is 3. The van der Waals surface area contributed by atoms with Gasteiger partial charge in [0.1, 0.15) is 27.9 Å². The molecule has 0 saturated heterocycles. The van der Waals surface area contributed by atoms with E-state index in [0.29, 0.717) is 35.4 Å². The standard InChI is InChI=1S/C27H26FNO4S/c1-3-4-16-32-27-25(26(30)20-10-12-21(28)13-11-20)23-17-22(14-15-24(23)33-27)29(34(2)31)18-19-8-6-5-7-9-19/h5-15,17H,3-4,16,18H2,1-2H3. The van der Waals surface area contributed by atoms with Crippen LogP contribution >= 0.6 is 0 Å². The SMILES string of the molecule is CCCCOc1oc2ccc(N(Cc3ccccc3)S(C)=O)cc2c1C(=O)c1ccc(F)cc1. The van der Waals surface area contributed by atoms with Crippen molar-refractivity contribution in [2.24, 2.45) is 0 Å². The Morgan fingerprint density at radius 3 is 2.47 bits per heavy atom. The van der Waals surface area contributed by atoms with E-state index in [1.165, 1.54) is 24.3 Å². The lowest BCUT2D eigenvalue weighted by molar-refractivity contribution is 0.103. The Morgan fingerprint density at radius 1 is 1.06 bits per heavy atom. The Hall–Kier alpha value is -3.45. The molecule has 5 nitrogen and oxygen atoms in total. The molecule has 0 aliphatic heterocycles. The first-order chi connectivity index (χ1) is 16.5. The molecule has 0 bridgehead atoms. The minimum atomic E-state index is -1.31. The van der Waals surface area contributed by atoms with E-state index in [0.717, 1.165) is 18.4 Å². The molecule has 176 valence electrons. The monoisotopic (exact) mass is 479 g/mol. The van der Waals surface area contributed by atoms with Crippen LogP contribution in [0.3, 0.4) is 0 Å². The fourth-order valence-electron chi connectivity index (χ4n) is 3.67. The molecule has 4 aromatic rings. The normalized spacial score (nSPS) is 12.0. The van der Waals surface area contributed by atoms with Crippen LogP contribution in [0.4, 0.5) is 10.1 Å². The summed E-state index contributed by atoms with van der Waals surface area (Å²) < 4.78 is 39.6. The van der Waals surface area contributed by atoms with E-state index in [-0.39, 0.29) is 17.3 Å². The Labute approximate surface area is 200 Å². The average molecular weight is 480 g/mol. The molecule has 0 spiro atoms. The smallest absolute Gasteiger partial charge is 0.297 e. The molecule has 1 unspecified atom stereocenters. The van der Waals surface area contributed by atoms with Crippen molar-refractivity contribution < 1.29 is 22.5 Å². The summed E-state index contributed by atoms with van der Waals surface area (Å²) in [5.41, 5.74) is 2.79. The van der Waals surface area contributed by atoms with Crippen LogP contribution in [0.2, 0.25) is 0 Å². The molecule has 0 fully saturated rings. The third kappa shape index (κ3) is 5.20. The first-order valence-electron chi connectivity index (χ1n) is 11.1. The molecule has 1 heterocycles. The number of halogens is 1. The van der Waals surface area contributed by atoms with Gasteiger partial charge in [-0.1, -0.05) is 43.7 Å². The number of hydrogen-bond donors (Lipinski definition) is 0. The molecule has 4 rings (SSSR count). The minimum absolute atomic E-state index is 0.141. The number of anilines is 1. The van der Waals surface area contributed by atoms with Crippen LogP contribution in [0.1, 0.15) is 41.3 Å². The number of rotatable bonds is 10. The van der Waals surface area contributed by atoms with Gasteiger partial charge < -0.3 is 9.15 Å². The highest BCUT2D eigenvalue weighted by molar-refractivity contribution is 7.85. The molecule has 0 aliphatic carbocycles. The highest BCUT2D eigenvalue weighted by Gasteiger charge is 2.25. The van der Waals surface area contributed by atoms with E-state index < -0.39 is 16.8 Å². The zero-order valence-corrected chi connectivity index (χ0v) is 19.9. The molecular formula is C27H26FNO4S. The highest BCUT2D eigenvalue weighted by atomic mass is 32.2. The van der Waals surface area contributed by atoms with Crippen molar-refractivity contribution >= 4 is 33.4 Å². The number of carbonyl (C=O) groups is 1. The van der Waals surface area contributed by atoms with E-state index in [9.17, 15) is 13.4 Å². The van der Waals surface area contributed by atoms with Gasteiger partial charge in [-0.2, -0.15) is 0 Å². The van der Waals surface area contributed by atoms with E-state index in [2.05, 4.69) is 0 Å². The summed E-state index contributed by atoms with van der Waals surface area (Å²) in [4.78, 5) is 13.5. The van der Waals surface area contributed by atoms with Crippen LogP contribution in [0.15, 0.2) is 77.2 Å². The molecule has 0 aliphatic rings. The summed E-state index contributed by atoms with van der Waals surface area (Å²) in [6, 6.07) is 20.5. The number of nitrogens with zero attached hydrogens (tertiary/aromatic N) is 1. The highest BCUT2D eigenvalue weighted by Crippen LogP contribution is 2.37. The average Bonchev–Trinajstić information content (AvgIpc) is 3.20. The molecular weight excluding hydrogens is 453 g/mol. The van der Waals surface area contributed by atoms with Gasteiger partial charge in [0.05, 0.1) is 18.8 Å². The minimum Gasteiger partial charge on any atom is -0.465 e. The molecule has 0 radical (unpaired) electrons. The second kappa shape index (κ2) is 10.7. The first-order valence-corrected chi connectivity index (χ1v) is 12.6. The van der Waals surface area contributed by atoms with Gasteiger partial charge in [0, 0.05) is 17.2 Å². The number of ketones is 1. The van der Waals surface area contributed by atoms with Gasteiger partial charge >= 0.3 is 0 Å². The van der Waals surface area contributed by atoms with E-state index in [1.807, 2.05) is 43.3 Å². The summed E-state index contributed by atoms with van der Waals surface area (Å²) in [5, 5.41) is 0.557. The maximum Gasteiger partial charge on any atom is 0.297 e. The maximum atomic E-state index is 13.5. The molecule has 3 aromatic carbocycles. The number of furan rings is 1. The summed E-state index contributed by atoms with van der Waals surface area (Å²) in [6.07, 6.45) is 3.36. The van der Waals surface area contributed by atoms with Gasteiger partial charge in [-0.3, -0.25) is 9.10 Å². The van der Waals surface area contributed by atoms with Gasteiger partial charge in [-0.25, -0.2) is 8.60 Å². The van der Waals surface area contributed by atoms with E-state index in [1.54, 1.807) is 22.7 Å². The number of carbonyl (C=O) groups excluding carboxylic acids is 1. The second-order valence-corrected chi connectivity index (χ2v) is 9.22. The zero-order chi connectivity index (χ0) is 24.1. The van der Waals surface area contributed by atoms with Crippen molar-refractivity contribution in [3.05, 3.63) is 95.3 Å². The number of unbranched alkanes of at least 4 members (excludes halogenated alkanes) is 1. The lowest BCUT2D eigenvalue weighted by Crippen LogP contribution is -2.24. The summed E-state index contributed by atoms with van der Waals surface area (Å²) in [6.45, 7) is 2.89. The number of ether oxygens (including phenoxy) is 1. The number of fused-ring (bicyclic) bond motifs is 1. The molecule has 0 amide bonds. The Bertz CT molecular complexity index is 1300. The third-order valence-electron chi connectivity index (χ3n) is 5.47. The van der Waals surface area contributed by atoms with Crippen molar-refractivity contribution in [1.29, 1.82) is 0 Å². The topological polar surface area (TPSA) is 59.8 Å². The third-order valence-corrected chi connectivity index (χ3v) is 6.43. The fourth-order valence-corrected chi connectivity index (χ4v) is 4.41. The largest absolute Gasteiger partial charge is 0.465 e. The predicted octanol–water partition coefficient (Wildman–Crippen LogP) is 6.28. The Morgan fingerprint density at radius 2 is 1.79 bits per heavy atom. The fraction of sp³-hybridized carbons (Fsp3) is 0.222. The van der Waals surface area contributed by atoms with Gasteiger partial charge in [0.2, 0.25) is 5.78 Å². The molecule has 1 aromatic heterocycles.